The summed E-state index contributed by atoms with van der Waals surface area (Å²) in [5.41, 5.74) is 0.957. The molecule has 0 atom stereocenters. The molecule has 0 bridgehead atoms. The van der Waals surface area contributed by atoms with Gasteiger partial charge < -0.3 is 24.3 Å². The molecule has 0 saturated carbocycles. The number of ether oxygens (including phenoxy) is 4. The highest BCUT2D eigenvalue weighted by Crippen LogP contribution is 2.38. The summed E-state index contributed by atoms with van der Waals surface area (Å²) in [5, 5.41) is 3.44. The van der Waals surface area contributed by atoms with Gasteiger partial charge in [0.25, 0.3) is 0 Å². The Kier molecular flexibility index (Phi) is 6.10. The molecule has 5 heteroatoms. The van der Waals surface area contributed by atoms with Crippen LogP contribution in [0.3, 0.4) is 0 Å². The van der Waals surface area contributed by atoms with Crippen molar-refractivity contribution in [3.05, 3.63) is 17.7 Å². The second-order valence-corrected chi connectivity index (χ2v) is 5.20. The standard InChI is InChI=1S/C15H25NO4/c1-15(2,10-17-3)16-9-11-7-12(18-4)14(20-6)13(8-11)19-5/h7-8,16H,9-10H2,1-6H3. The van der Waals surface area contributed by atoms with Crippen molar-refractivity contribution in [1.29, 1.82) is 0 Å². The Morgan fingerprint density at radius 3 is 1.90 bits per heavy atom. The van der Waals surface area contributed by atoms with Crippen LogP contribution in [0.4, 0.5) is 0 Å². The molecule has 5 nitrogen and oxygen atoms in total. The quantitative estimate of drug-likeness (QED) is 0.793. The topological polar surface area (TPSA) is 49.0 Å². The fourth-order valence-electron chi connectivity index (χ4n) is 1.99. The zero-order valence-electron chi connectivity index (χ0n) is 13.2. The van der Waals surface area contributed by atoms with Crippen LogP contribution in [0.5, 0.6) is 17.2 Å². The minimum absolute atomic E-state index is 0.102. The van der Waals surface area contributed by atoms with Crippen LogP contribution in [0, 0.1) is 0 Å². The predicted octanol–water partition coefficient (Wildman–Crippen LogP) is 2.23. The van der Waals surface area contributed by atoms with E-state index in [2.05, 4.69) is 19.2 Å². The SMILES string of the molecule is COCC(C)(C)NCc1cc(OC)c(OC)c(OC)c1. The third-order valence-electron chi connectivity index (χ3n) is 3.00. The second-order valence-electron chi connectivity index (χ2n) is 5.20. The van der Waals surface area contributed by atoms with Gasteiger partial charge in [-0.2, -0.15) is 0 Å². The molecule has 0 heterocycles. The van der Waals surface area contributed by atoms with Crippen molar-refractivity contribution in [3.8, 4) is 17.2 Å². The third kappa shape index (κ3) is 4.28. The van der Waals surface area contributed by atoms with Gasteiger partial charge >= 0.3 is 0 Å². The van der Waals surface area contributed by atoms with Crippen LogP contribution in [-0.4, -0.2) is 40.6 Å². The minimum atomic E-state index is -0.102. The zero-order chi connectivity index (χ0) is 15.2. The van der Waals surface area contributed by atoms with Crippen LogP contribution in [0.1, 0.15) is 19.4 Å². The second kappa shape index (κ2) is 7.36. The van der Waals surface area contributed by atoms with E-state index in [9.17, 15) is 0 Å². The van der Waals surface area contributed by atoms with Gasteiger partial charge in [-0.3, -0.25) is 0 Å². The van der Waals surface area contributed by atoms with Crippen LogP contribution in [0.2, 0.25) is 0 Å². The van der Waals surface area contributed by atoms with Crippen LogP contribution < -0.4 is 19.5 Å². The van der Waals surface area contributed by atoms with E-state index in [0.29, 0.717) is 30.4 Å². The minimum Gasteiger partial charge on any atom is -0.493 e. The van der Waals surface area contributed by atoms with Crippen LogP contribution >= 0.6 is 0 Å². The van der Waals surface area contributed by atoms with Gasteiger partial charge in [-0.15, -0.1) is 0 Å². The summed E-state index contributed by atoms with van der Waals surface area (Å²) < 4.78 is 21.2. The lowest BCUT2D eigenvalue weighted by Gasteiger charge is -2.25. The summed E-state index contributed by atoms with van der Waals surface area (Å²) in [6.45, 7) is 5.51. The third-order valence-corrected chi connectivity index (χ3v) is 3.00. The molecule has 0 unspecified atom stereocenters. The fourth-order valence-corrected chi connectivity index (χ4v) is 1.99. The Balaban J connectivity index is 2.91. The molecule has 0 aliphatic heterocycles. The van der Waals surface area contributed by atoms with Gasteiger partial charge in [0, 0.05) is 19.2 Å². The van der Waals surface area contributed by atoms with E-state index >= 15 is 0 Å². The Morgan fingerprint density at radius 2 is 1.50 bits per heavy atom. The molecular formula is C15H25NO4. The van der Waals surface area contributed by atoms with Gasteiger partial charge in [0.15, 0.2) is 11.5 Å². The van der Waals surface area contributed by atoms with Crippen molar-refractivity contribution in [2.24, 2.45) is 0 Å². The summed E-state index contributed by atoms with van der Waals surface area (Å²) in [6.07, 6.45) is 0. The Hall–Kier alpha value is -1.46. The van der Waals surface area contributed by atoms with E-state index in [1.165, 1.54) is 0 Å². The zero-order valence-corrected chi connectivity index (χ0v) is 13.2. The van der Waals surface area contributed by atoms with E-state index in [-0.39, 0.29) is 5.54 Å². The maximum Gasteiger partial charge on any atom is 0.203 e. The highest BCUT2D eigenvalue weighted by Gasteiger charge is 2.18. The molecule has 0 spiro atoms. The Bertz CT molecular complexity index is 407. The first kappa shape index (κ1) is 16.6. The lowest BCUT2D eigenvalue weighted by molar-refractivity contribution is 0.127. The smallest absolute Gasteiger partial charge is 0.203 e. The molecule has 0 amide bonds. The fraction of sp³-hybridized carbons (Fsp3) is 0.600. The number of nitrogens with one attached hydrogen (secondary N) is 1. The summed E-state index contributed by atoms with van der Waals surface area (Å²) in [6, 6.07) is 3.88. The number of methoxy groups -OCH3 is 4. The molecule has 1 rings (SSSR count). The highest BCUT2D eigenvalue weighted by molar-refractivity contribution is 5.53. The summed E-state index contributed by atoms with van der Waals surface area (Å²) in [5.74, 6) is 1.93. The van der Waals surface area contributed by atoms with Crippen molar-refractivity contribution in [2.75, 3.05) is 35.0 Å². The first-order valence-electron chi connectivity index (χ1n) is 6.50. The largest absolute Gasteiger partial charge is 0.493 e. The van der Waals surface area contributed by atoms with Crippen molar-refractivity contribution >= 4 is 0 Å². The van der Waals surface area contributed by atoms with Crippen LogP contribution in [-0.2, 0) is 11.3 Å². The highest BCUT2D eigenvalue weighted by atomic mass is 16.5. The predicted molar refractivity (Wildman–Crippen MR) is 78.9 cm³/mol. The molecule has 1 aromatic carbocycles. The molecule has 0 radical (unpaired) electrons. The van der Waals surface area contributed by atoms with Gasteiger partial charge in [0.05, 0.1) is 27.9 Å². The van der Waals surface area contributed by atoms with Crippen molar-refractivity contribution in [1.82, 2.24) is 5.32 Å². The van der Waals surface area contributed by atoms with Gasteiger partial charge in [0.1, 0.15) is 0 Å². The van der Waals surface area contributed by atoms with Gasteiger partial charge in [-0.1, -0.05) is 0 Å². The van der Waals surface area contributed by atoms with Crippen molar-refractivity contribution < 1.29 is 18.9 Å². The van der Waals surface area contributed by atoms with Crippen LogP contribution in [0.15, 0.2) is 12.1 Å². The van der Waals surface area contributed by atoms with E-state index in [4.69, 9.17) is 18.9 Å². The van der Waals surface area contributed by atoms with Crippen LogP contribution in [0.25, 0.3) is 0 Å². The summed E-state index contributed by atoms with van der Waals surface area (Å²) >= 11 is 0. The van der Waals surface area contributed by atoms with Gasteiger partial charge in [0.2, 0.25) is 5.75 Å². The van der Waals surface area contributed by atoms with E-state index in [1.807, 2.05) is 12.1 Å². The van der Waals surface area contributed by atoms with E-state index in [1.54, 1.807) is 28.4 Å². The lowest BCUT2D eigenvalue weighted by atomic mass is 10.1. The maximum atomic E-state index is 5.34. The molecule has 0 aromatic heterocycles. The molecule has 0 saturated heterocycles. The number of hydrogen-bond donors (Lipinski definition) is 1. The van der Waals surface area contributed by atoms with Crippen molar-refractivity contribution in [2.45, 2.75) is 25.9 Å². The molecule has 0 aliphatic carbocycles. The summed E-state index contributed by atoms with van der Waals surface area (Å²) in [4.78, 5) is 0. The molecule has 1 N–H and O–H groups in total. The van der Waals surface area contributed by atoms with Crippen molar-refractivity contribution in [3.63, 3.8) is 0 Å². The molecule has 0 fully saturated rings. The molecule has 114 valence electrons. The first-order chi connectivity index (χ1) is 9.47. The number of hydrogen-bond acceptors (Lipinski definition) is 5. The average Bonchev–Trinajstić information content (AvgIpc) is 2.43. The van der Waals surface area contributed by atoms with E-state index < -0.39 is 0 Å². The molecule has 0 aliphatic rings. The molecular weight excluding hydrogens is 258 g/mol. The van der Waals surface area contributed by atoms with Gasteiger partial charge in [-0.25, -0.2) is 0 Å². The van der Waals surface area contributed by atoms with E-state index in [0.717, 1.165) is 5.56 Å². The molecule has 20 heavy (non-hydrogen) atoms. The monoisotopic (exact) mass is 283 g/mol. The first-order valence-corrected chi connectivity index (χ1v) is 6.50. The Labute approximate surface area is 121 Å². The van der Waals surface area contributed by atoms with Gasteiger partial charge in [-0.05, 0) is 31.5 Å². The maximum absolute atomic E-state index is 5.34. The normalized spacial score (nSPS) is 11.3. The number of rotatable bonds is 8. The lowest BCUT2D eigenvalue weighted by Crippen LogP contribution is -2.42. The average molecular weight is 283 g/mol. The number of benzene rings is 1. The Morgan fingerprint density at radius 1 is 0.950 bits per heavy atom. The summed E-state index contributed by atoms with van der Waals surface area (Å²) in [7, 11) is 6.52. The molecule has 1 aromatic rings.